The number of aromatic amines is 1. The standard InChI is InChI=1S/C21H14Cl2FN7O/c1-10(29-19-17-18(26-8-25-17)27-9-28-19)20-30-14-7-6-13(24)16(23)15(14)21(32)31(20)12-4-2-11(22)3-5-12/h2-10H,1H3,(H2,25,26,27,28,29). The molecule has 0 saturated heterocycles. The van der Waals surface area contributed by atoms with Crippen LogP contribution in [0.5, 0.6) is 0 Å². The van der Waals surface area contributed by atoms with Crippen molar-refractivity contribution in [2.24, 2.45) is 0 Å². The third-order valence-electron chi connectivity index (χ3n) is 5.00. The number of fused-ring (bicyclic) bond motifs is 2. The summed E-state index contributed by atoms with van der Waals surface area (Å²) < 4.78 is 15.5. The van der Waals surface area contributed by atoms with Crippen LogP contribution < -0.4 is 10.9 Å². The first-order valence-corrected chi connectivity index (χ1v) is 10.3. The summed E-state index contributed by atoms with van der Waals surface area (Å²) in [4.78, 5) is 33.7. The summed E-state index contributed by atoms with van der Waals surface area (Å²) in [5.41, 5.74) is 1.40. The molecule has 0 saturated carbocycles. The van der Waals surface area contributed by atoms with Gasteiger partial charge in [-0.05, 0) is 43.3 Å². The molecule has 32 heavy (non-hydrogen) atoms. The number of hydrogen-bond acceptors (Lipinski definition) is 6. The second-order valence-corrected chi connectivity index (χ2v) is 7.84. The van der Waals surface area contributed by atoms with Gasteiger partial charge in [0.05, 0.1) is 34.0 Å². The summed E-state index contributed by atoms with van der Waals surface area (Å²) in [7, 11) is 0. The molecular formula is C21H14Cl2FN7O. The zero-order valence-electron chi connectivity index (χ0n) is 16.5. The predicted octanol–water partition coefficient (Wildman–Crippen LogP) is 4.67. The van der Waals surface area contributed by atoms with E-state index >= 15 is 0 Å². The summed E-state index contributed by atoms with van der Waals surface area (Å²) in [5, 5.41) is 3.47. The molecule has 3 aromatic heterocycles. The summed E-state index contributed by atoms with van der Waals surface area (Å²) in [5.74, 6) is 0.147. The highest BCUT2D eigenvalue weighted by Gasteiger charge is 2.22. The Labute approximate surface area is 190 Å². The van der Waals surface area contributed by atoms with Crippen molar-refractivity contribution in [1.29, 1.82) is 0 Å². The molecule has 1 atom stereocenters. The lowest BCUT2D eigenvalue weighted by molar-refractivity contribution is 0.629. The van der Waals surface area contributed by atoms with Crippen molar-refractivity contribution in [3.8, 4) is 5.69 Å². The largest absolute Gasteiger partial charge is 0.358 e. The molecule has 5 rings (SSSR count). The van der Waals surface area contributed by atoms with E-state index in [0.717, 1.165) is 0 Å². The summed E-state index contributed by atoms with van der Waals surface area (Å²) in [6.45, 7) is 1.83. The smallest absolute Gasteiger partial charge is 0.267 e. The number of anilines is 1. The summed E-state index contributed by atoms with van der Waals surface area (Å²) in [6.07, 6.45) is 2.92. The number of nitrogens with zero attached hydrogens (tertiary/aromatic N) is 5. The van der Waals surface area contributed by atoms with E-state index in [1.807, 2.05) is 6.92 Å². The lowest BCUT2D eigenvalue weighted by Gasteiger charge is -2.20. The Kier molecular flexibility index (Phi) is 4.99. The van der Waals surface area contributed by atoms with E-state index in [-0.39, 0.29) is 15.9 Å². The molecule has 0 fully saturated rings. The van der Waals surface area contributed by atoms with Crippen LogP contribution in [0.15, 0.2) is 53.8 Å². The molecule has 0 aliphatic heterocycles. The van der Waals surface area contributed by atoms with Crippen molar-refractivity contribution >= 4 is 51.1 Å². The normalized spacial score (nSPS) is 12.4. The van der Waals surface area contributed by atoms with E-state index in [1.165, 1.54) is 29.4 Å². The van der Waals surface area contributed by atoms with Gasteiger partial charge in [0.15, 0.2) is 11.5 Å². The Balaban J connectivity index is 1.73. The van der Waals surface area contributed by atoms with Crippen LogP contribution in [-0.2, 0) is 0 Å². The second-order valence-electron chi connectivity index (χ2n) is 7.03. The molecule has 1 unspecified atom stereocenters. The summed E-state index contributed by atoms with van der Waals surface area (Å²) in [6, 6.07) is 8.77. The predicted molar refractivity (Wildman–Crippen MR) is 121 cm³/mol. The Morgan fingerprint density at radius 3 is 2.66 bits per heavy atom. The fourth-order valence-electron chi connectivity index (χ4n) is 3.50. The molecule has 2 N–H and O–H groups in total. The van der Waals surface area contributed by atoms with Crippen LogP contribution in [0.2, 0.25) is 10.0 Å². The van der Waals surface area contributed by atoms with Crippen molar-refractivity contribution in [2.75, 3.05) is 5.32 Å². The number of halogens is 3. The Hall–Kier alpha value is -3.56. The molecule has 0 radical (unpaired) electrons. The van der Waals surface area contributed by atoms with Gasteiger partial charge in [-0.2, -0.15) is 0 Å². The van der Waals surface area contributed by atoms with E-state index in [4.69, 9.17) is 23.2 Å². The maximum Gasteiger partial charge on any atom is 0.267 e. The molecule has 0 bridgehead atoms. The van der Waals surface area contributed by atoms with Gasteiger partial charge < -0.3 is 10.3 Å². The van der Waals surface area contributed by atoms with E-state index in [9.17, 15) is 9.18 Å². The van der Waals surface area contributed by atoms with Crippen LogP contribution in [0.4, 0.5) is 10.2 Å². The zero-order valence-corrected chi connectivity index (χ0v) is 18.0. The molecule has 8 nitrogen and oxygen atoms in total. The highest BCUT2D eigenvalue weighted by atomic mass is 35.5. The first-order valence-electron chi connectivity index (χ1n) is 9.51. The van der Waals surface area contributed by atoms with Gasteiger partial charge in [0.1, 0.15) is 23.5 Å². The minimum absolute atomic E-state index is 0.00528. The Morgan fingerprint density at radius 1 is 1.09 bits per heavy atom. The minimum atomic E-state index is -0.693. The van der Waals surface area contributed by atoms with E-state index < -0.39 is 17.4 Å². The van der Waals surface area contributed by atoms with Crippen LogP contribution in [0, 0.1) is 5.82 Å². The van der Waals surface area contributed by atoms with Gasteiger partial charge in [-0.1, -0.05) is 23.2 Å². The van der Waals surface area contributed by atoms with Crippen LogP contribution in [-0.4, -0.2) is 29.5 Å². The van der Waals surface area contributed by atoms with Gasteiger partial charge in [-0.3, -0.25) is 9.36 Å². The number of nitrogens with one attached hydrogen (secondary N) is 2. The summed E-state index contributed by atoms with van der Waals surface area (Å²) >= 11 is 12.2. The van der Waals surface area contributed by atoms with Crippen molar-refractivity contribution < 1.29 is 4.39 Å². The van der Waals surface area contributed by atoms with Gasteiger partial charge in [0.2, 0.25) is 0 Å². The first-order chi connectivity index (χ1) is 15.4. The fourth-order valence-corrected chi connectivity index (χ4v) is 3.86. The second kappa shape index (κ2) is 7.85. The van der Waals surface area contributed by atoms with E-state index in [0.29, 0.717) is 33.5 Å². The highest BCUT2D eigenvalue weighted by Crippen LogP contribution is 2.27. The molecule has 2 aromatic carbocycles. The van der Waals surface area contributed by atoms with Crippen molar-refractivity contribution in [1.82, 2.24) is 29.5 Å². The minimum Gasteiger partial charge on any atom is -0.358 e. The van der Waals surface area contributed by atoms with E-state index in [2.05, 4.69) is 30.2 Å². The molecule has 0 aliphatic carbocycles. The number of benzene rings is 2. The first kappa shape index (κ1) is 20.3. The molecule has 0 spiro atoms. The lowest BCUT2D eigenvalue weighted by Crippen LogP contribution is -2.27. The van der Waals surface area contributed by atoms with Crippen LogP contribution in [0.3, 0.4) is 0 Å². The van der Waals surface area contributed by atoms with Gasteiger partial charge in [0, 0.05) is 5.02 Å². The average Bonchev–Trinajstić information content (AvgIpc) is 3.27. The molecule has 0 amide bonds. The lowest BCUT2D eigenvalue weighted by atomic mass is 10.2. The van der Waals surface area contributed by atoms with Crippen molar-refractivity contribution in [3.05, 3.63) is 81.1 Å². The third kappa shape index (κ3) is 3.35. The Bertz CT molecular complexity index is 1530. The van der Waals surface area contributed by atoms with Gasteiger partial charge in [0.25, 0.3) is 5.56 Å². The molecule has 5 aromatic rings. The molecule has 160 valence electrons. The highest BCUT2D eigenvalue weighted by molar-refractivity contribution is 6.35. The van der Waals surface area contributed by atoms with Crippen LogP contribution >= 0.6 is 23.2 Å². The zero-order chi connectivity index (χ0) is 22.4. The average molecular weight is 470 g/mol. The fraction of sp³-hybridized carbons (Fsp3) is 0.0952. The number of aromatic nitrogens is 6. The quantitative estimate of drug-likeness (QED) is 0.396. The molecule has 0 aliphatic rings. The molecule has 3 heterocycles. The maximum atomic E-state index is 14.1. The Morgan fingerprint density at radius 2 is 1.88 bits per heavy atom. The maximum absolute atomic E-state index is 14.1. The molecule has 11 heteroatoms. The van der Waals surface area contributed by atoms with Crippen LogP contribution in [0.1, 0.15) is 18.8 Å². The number of hydrogen-bond donors (Lipinski definition) is 2. The van der Waals surface area contributed by atoms with Gasteiger partial charge >= 0.3 is 0 Å². The number of H-pyrrole nitrogens is 1. The van der Waals surface area contributed by atoms with Crippen LogP contribution in [0.25, 0.3) is 27.8 Å². The third-order valence-corrected chi connectivity index (χ3v) is 5.62. The molecular weight excluding hydrogens is 456 g/mol. The topological polar surface area (TPSA) is 101 Å². The van der Waals surface area contributed by atoms with Gasteiger partial charge in [-0.15, -0.1) is 0 Å². The SMILES string of the molecule is CC(Nc1ncnc2[nH]cnc12)c1nc2ccc(F)c(Cl)c2c(=O)n1-c1ccc(Cl)cc1. The van der Waals surface area contributed by atoms with Crippen molar-refractivity contribution in [3.63, 3.8) is 0 Å². The van der Waals surface area contributed by atoms with Gasteiger partial charge in [-0.25, -0.2) is 24.3 Å². The number of imidazole rings is 1. The number of rotatable bonds is 4. The monoisotopic (exact) mass is 469 g/mol. The van der Waals surface area contributed by atoms with Crippen molar-refractivity contribution in [2.45, 2.75) is 13.0 Å². The van der Waals surface area contributed by atoms with E-state index in [1.54, 1.807) is 24.3 Å².